The maximum absolute atomic E-state index is 10.9. The first kappa shape index (κ1) is 11.2. The molecule has 4 nitrogen and oxygen atoms in total. The van der Waals surface area contributed by atoms with Crippen molar-refractivity contribution in [2.24, 2.45) is 0 Å². The Kier molecular flexibility index (Phi) is 2.56. The van der Waals surface area contributed by atoms with E-state index in [1.54, 1.807) is 11.3 Å². The van der Waals surface area contributed by atoms with Gasteiger partial charge in [-0.15, -0.1) is 0 Å². The molecular formula is C13H12N2O2S. The quantitative estimate of drug-likeness (QED) is 0.665. The highest BCUT2D eigenvalue weighted by Gasteiger charge is 2.14. The number of fused-ring (bicyclic) bond motifs is 3. The fraction of sp³-hybridized carbons (Fsp3) is 0.231. The van der Waals surface area contributed by atoms with Gasteiger partial charge in [-0.3, -0.25) is 9.20 Å². The van der Waals surface area contributed by atoms with Crippen molar-refractivity contribution in [2.75, 3.05) is 0 Å². The van der Waals surface area contributed by atoms with Crippen LogP contribution in [0.1, 0.15) is 18.3 Å². The van der Waals surface area contributed by atoms with Crippen LogP contribution in [0.2, 0.25) is 0 Å². The van der Waals surface area contributed by atoms with Crippen molar-refractivity contribution in [1.82, 2.24) is 9.38 Å². The molecule has 0 radical (unpaired) electrons. The number of carbonyl (C=O) groups is 1. The van der Waals surface area contributed by atoms with E-state index < -0.39 is 0 Å². The molecule has 3 aromatic rings. The zero-order valence-electron chi connectivity index (χ0n) is 10.1. The highest BCUT2D eigenvalue weighted by Crippen LogP contribution is 2.28. The molecule has 2 heterocycles. The second kappa shape index (κ2) is 4.10. The molecule has 0 amide bonds. The second-order valence-corrected chi connectivity index (χ2v) is 5.12. The molecule has 0 saturated carbocycles. The number of hydrogen-bond acceptors (Lipinski definition) is 4. The van der Waals surface area contributed by atoms with E-state index in [9.17, 15) is 4.79 Å². The van der Waals surface area contributed by atoms with Crippen LogP contribution in [-0.2, 0) is 16.1 Å². The minimum Gasteiger partial charge on any atom is -0.459 e. The Balaban J connectivity index is 2.21. The van der Waals surface area contributed by atoms with Gasteiger partial charge in [-0.1, -0.05) is 23.5 Å². The molecule has 18 heavy (non-hydrogen) atoms. The molecule has 0 N–H and O–H groups in total. The highest BCUT2D eigenvalue weighted by atomic mass is 32.1. The minimum atomic E-state index is -0.274. The van der Waals surface area contributed by atoms with Crippen molar-refractivity contribution < 1.29 is 9.53 Å². The number of benzene rings is 1. The van der Waals surface area contributed by atoms with Crippen LogP contribution in [-0.4, -0.2) is 15.4 Å². The van der Waals surface area contributed by atoms with Crippen molar-refractivity contribution in [3.05, 3.63) is 35.7 Å². The number of thiazole rings is 1. The maximum Gasteiger partial charge on any atom is 0.303 e. The average Bonchev–Trinajstić information content (AvgIpc) is 2.81. The first-order valence-electron chi connectivity index (χ1n) is 5.65. The molecule has 2 aromatic heterocycles. The lowest BCUT2D eigenvalue weighted by Crippen LogP contribution is -2.02. The van der Waals surface area contributed by atoms with Crippen LogP contribution in [0.25, 0.3) is 15.2 Å². The number of hydrogen-bond donors (Lipinski definition) is 0. The Hall–Kier alpha value is -1.88. The van der Waals surface area contributed by atoms with E-state index in [1.807, 2.05) is 19.1 Å². The summed E-state index contributed by atoms with van der Waals surface area (Å²) in [4.78, 5) is 16.4. The van der Waals surface area contributed by atoms with Gasteiger partial charge in [0.2, 0.25) is 0 Å². The summed E-state index contributed by atoms with van der Waals surface area (Å²) in [6, 6.07) is 8.13. The number of para-hydroxylation sites is 1. The summed E-state index contributed by atoms with van der Waals surface area (Å²) in [6.07, 6.45) is 0. The van der Waals surface area contributed by atoms with E-state index in [0.717, 1.165) is 21.9 Å². The molecule has 0 bridgehead atoms. The molecule has 0 aliphatic carbocycles. The number of aromatic nitrogens is 2. The Bertz CT molecular complexity index is 742. The van der Waals surface area contributed by atoms with Gasteiger partial charge in [0.1, 0.15) is 6.61 Å². The van der Waals surface area contributed by atoms with Gasteiger partial charge in [-0.05, 0) is 19.1 Å². The standard InChI is InChI=1S/C13H12N2O2S/c1-8-11(7-17-9(2)16)15-10-5-3-4-6-12(10)18-13(15)14-8/h3-6H,7H2,1-2H3. The number of aryl methyl sites for hydroxylation is 1. The minimum absolute atomic E-state index is 0.267. The van der Waals surface area contributed by atoms with Crippen molar-refractivity contribution in [1.29, 1.82) is 0 Å². The van der Waals surface area contributed by atoms with Gasteiger partial charge in [-0.2, -0.15) is 0 Å². The van der Waals surface area contributed by atoms with Crippen molar-refractivity contribution in [2.45, 2.75) is 20.5 Å². The van der Waals surface area contributed by atoms with Crippen LogP contribution >= 0.6 is 11.3 Å². The zero-order valence-corrected chi connectivity index (χ0v) is 11.0. The number of rotatable bonds is 2. The van der Waals surface area contributed by atoms with Gasteiger partial charge in [0.05, 0.1) is 21.6 Å². The highest BCUT2D eigenvalue weighted by molar-refractivity contribution is 7.23. The first-order valence-corrected chi connectivity index (χ1v) is 6.47. The van der Waals surface area contributed by atoms with E-state index in [1.165, 1.54) is 11.6 Å². The summed E-state index contributed by atoms with van der Waals surface area (Å²) >= 11 is 1.64. The second-order valence-electron chi connectivity index (χ2n) is 4.11. The molecule has 0 atom stereocenters. The molecule has 1 aromatic carbocycles. The molecule has 0 saturated heterocycles. The Morgan fingerprint density at radius 2 is 2.22 bits per heavy atom. The smallest absolute Gasteiger partial charge is 0.303 e. The lowest BCUT2D eigenvalue weighted by atomic mass is 10.3. The summed E-state index contributed by atoms with van der Waals surface area (Å²) < 4.78 is 8.35. The first-order chi connectivity index (χ1) is 8.66. The summed E-state index contributed by atoms with van der Waals surface area (Å²) in [6.45, 7) is 3.62. The molecular weight excluding hydrogens is 248 g/mol. The summed E-state index contributed by atoms with van der Waals surface area (Å²) in [5.41, 5.74) is 2.96. The molecule has 0 spiro atoms. The number of esters is 1. The van der Waals surface area contributed by atoms with Gasteiger partial charge in [-0.25, -0.2) is 4.98 Å². The van der Waals surface area contributed by atoms with E-state index in [-0.39, 0.29) is 12.6 Å². The maximum atomic E-state index is 10.9. The van der Waals surface area contributed by atoms with Crippen LogP contribution in [0.4, 0.5) is 0 Å². The molecule has 3 rings (SSSR count). The largest absolute Gasteiger partial charge is 0.459 e. The van der Waals surface area contributed by atoms with E-state index in [4.69, 9.17) is 4.74 Å². The summed E-state index contributed by atoms with van der Waals surface area (Å²) in [5, 5.41) is 0. The SMILES string of the molecule is CC(=O)OCc1c(C)nc2sc3ccccc3n12. The predicted octanol–water partition coefficient (Wildman–Crippen LogP) is 2.92. The average molecular weight is 260 g/mol. The topological polar surface area (TPSA) is 43.6 Å². The van der Waals surface area contributed by atoms with Crippen LogP contribution in [0.3, 0.4) is 0 Å². The number of imidazole rings is 1. The summed E-state index contributed by atoms with van der Waals surface area (Å²) in [7, 11) is 0. The monoisotopic (exact) mass is 260 g/mol. The predicted molar refractivity (Wildman–Crippen MR) is 70.8 cm³/mol. The normalized spacial score (nSPS) is 11.2. The van der Waals surface area contributed by atoms with Crippen LogP contribution in [0.5, 0.6) is 0 Å². The van der Waals surface area contributed by atoms with Gasteiger partial charge < -0.3 is 4.74 Å². The number of nitrogens with zero attached hydrogens (tertiary/aromatic N) is 2. The van der Waals surface area contributed by atoms with Crippen LogP contribution in [0, 0.1) is 6.92 Å². The molecule has 0 fully saturated rings. The number of carbonyl (C=O) groups excluding carboxylic acids is 1. The van der Waals surface area contributed by atoms with Gasteiger partial charge in [0.25, 0.3) is 0 Å². The van der Waals surface area contributed by atoms with Crippen molar-refractivity contribution in [3.8, 4) is 0 Å². The van der Waals surface area contributed by atoms with Crippen LogP contribution in [0.15, 0.2) is 24.3 Å². The van der Waals surface area contributed by atoms with E-state index in [0.29, 0.717) is 0 Å². The van der Waals surface area contributed by atoms with Gasteiger partial charge in [0, 0.05) is 6.92 Å². The van der Waals surface area contributed by atoms with Crippen molar-refractivity contribution >= 4 is 32.5 Å². The molecule has 0 unspecified atom stereocenters. The molecule has 0 aliphatic rings. The van der Waals surface area contributed by atoms with E-state index in [2.05, 4.69) is 21.5 Å². The Labute approximate surface area is 108 Å². The third-order valence-corrected chi connectivity index (χ3v) is 3.88. The van der Waals surface area contributed by atoms with E-state index >= 15 is 0 Å². The Morgan fingerprint density at radius 3 is 3.00 bits per heavy atom. The third kappa shape index (κ3) is 1.67. The number of ether oxygens (including phenoxy) is 1. The van der Waals surface area contributed by atoms with Gasteiger partial charge in [0.15, 0.2) is 4.96 Å². The zero-order chi connectivity index (χ0) is 12.7. The fourth-order valence-corrected chi connectivity index (χ4v) is 3.11. The van der Waals surface area contributed by atoms with Crippen LogP contribution < -0.4 is 0 Å². The van der Waals surface area contributed by atoms with Gasteiger partial charge >= 0.3 is 5.97 Å². The molecule has 5 heteroatoms. The fourth-order valence-electron chi connectivity index (χ4n) is 2.02. The molecule has 0 aliphatic heterocycles. The lowest BCUT2D eigenvalue weighted by Gasteiger charge is -2.03. The molecule has 92 valence electrons. The third-order valence-electron chi connectivity index (χ3n) is 2.86. The van der Waals surface area contributed by atoms with Crippen molar-refractivity contribution in [3.63, 3.8) is 0 Å². The lowest BCUT2D eigenvalue weighted by molar-refractivity contribution is -0.142. The summed E-state index contributed by atoms with van der Waals surface area (Å²) in [5.74, 6) is -0.274. The Morgan fingerprint density at radius 1 is 1.44 bits per heavy atom.